The molecule has 0 bridgehead atoms. The number of unbranched alkanes of at least 4 members (excludes halogenated alkanes) is 1. The number of nitrogens with one attached hydrogen (secondary N) is 2. The lowest BCUT2D eigenvalue weighted by molar-refractivity contribution is 0.417. The number of halogens is 1. The number of benzene rings is 1. The van der Waals surface area contributed by atoms with Gasteiger partial charge in [0.25, 0.3) is 0 Å². The van der Waals surface area contributed by atoms with Crippen molar-refractivity contribution in [2.24, 2.45) is 0 Å². The van der Waals surface area contributed by atoms with Crippen molar-refractivity contribution in [1.29, 1.82) is 0 Å². The lowest BCUT2D eigenvalue weighted by Gasteiger charge is -2.12. The first-order valence-electron chi connectivity index (χ1n) is 7.03. The van der Waals surface area contributed by atoms with E-state index < -0.39 is 10.0 Å². The second-order valence-electron chi connectivity index (χ2n) is 4.72. The van der Waals surface area contributed by atoms with Crippen molar-refractivity contribution in [1.82, 2.24) is 5.32 Å². The Hall–Kier alpha value is -0.980. The lowest BCUT2D eigenvalue weighted by Crippen LogP contribution is -2.20. The Balaban J connectivity index is 2.50. The van der Waals surface area contributed by atoms with Crippen molar-refractivity contribution in [3.05, 3.63) is 23.2 Å². The Labute approximate surface area is 132 Å². The molecule has 0 aliphatic heterocycles. The molecule has 0 saturated heterocycles. The van der Waals surface area contributed by atoms with E-state index in [9.17, 15) is 8.42 Å². The molecule has 21 heavy (non-hydrogen) atoms. The largest absolute Gasteiger partial charge is 0.495 e. The molecule has 0 spiro atoms. The molecular weight excluding hydrogens is 312 g/mol. The van der Waals surface area contributed by atoms with Gasteiger partial charge in [0.2, 0.25) is 10.0 Å². The van der Waals surface area contributed by atoms with Crippen molar-refractivity contribution in [3.8, 4) is 5.75 Å². The van der Waals surface area contributed by atoms with Crippen LogP contribution < -0.4 is 14.8 Å². The van der Waals surface area contributed by atoms with E-state index in [-0.39, 0.29) is 5.75 Å². The van der Waals surface area contributed by atoms with Gasteiger partial charge in [0.15, 0.2) is 0 Å². The summed E-state index contributed by atoms with van der Waals surface area (Å²) >= 11 is 5.88. The van der Waals surface area contributed by atoms with Crippen LogP contribution in [0.4, 0.5) is 5.69 Å². The predicted molar refractivity (Wildman–Crippen MR) is 87.8 cm³/mol. The fraction of sp³-hybridized carbons (Fsp3) is 0.571. The summed E-state index contributed by atoms with van der Waals surface area (Å²) in [5.41, 5.74) is 0.370. The van der Waals surface area contributed by atoms with Crippen LogP contribution in [0.5, 0.6) is 5.75 Å². The molecule has 0 saturated carbocycles. The second-order valence-corrected chi connectivity index (χ2v) is 7.00. The van der Waals surface area contributed by atoms with Gasteiger partial charge in [-0.2, -0.15) is 0 Å². The molecule has 0 aliphatic rings. The van der Waals surface area contributed by atoms with Crippen LogP contribution in [0.15, 0.2) is 18.2 Å². The standard InChI is InChI=1S/C14H23ClN2O3S/c1-3-8-16-9-4-5-10-21(18,19)17-13-11-12(15)6-7-14(13)20-2/h6-7,11,16-17H,3-5,8-10H2,1-2H3. The molecular formula is C14H23ClN2O3S. The van der Waals surface area contributed by atoms with Crippen molar-refractivity contribution in [2.45, 2.75) is 26.2 Å². The van der Waals surface area contributed by atoms with Gasteiger partial charge >= 0.3 is 0 Å². The topological polar surface area (TPSA) is 67.4 Å². The van der Waals surface area contributed by atoms with Gasteiger partial charge in [0, 0.05) is 5.02 Å². The number of ether oxygens (including phenoxy) is 1. The van der Waals surface area contributed by atoms with Crippen molar-refractivity contribution < 1.29 is 13.2 Å². The smallest absolute Gasteiger partial charge is 0.232 e. The first-order chi connectivity index (χ1) is 9.98. The van der Waals surface area contributed by atoms with Crippen LogP contribution in [-0.4, -0.2) is 34.4 Å². The monoisotopic (exact) mass is 334 g/mol. The quantitative estimate of drug-likeness (QED) is 0.646. The van der Waals surface area contributed by atoms with E-state index in [1.54, 1.807) is 18.2 Å². The van der Waals surface area contributed by atoms with Crippen LogP contribution in [0.25, 0.3) is 0 Å². The Morgan fingerprint density at radius 1 is 1.24 bits per heavy atom. The van der Waals surface area contributed by atoms with E-state index in [0.29, 0.717) is 22.9 Å². The minimum atomic E-state index is -3.39. The number of rotatable bonds is 10. The minimum absolute atomic E-state index is 0.0798. The van der Waals surface area contributed by atoms with Crippen molar-refractivity contribution in [2.75, 3.05) is 30.7 Å². The number of hydrogen-bond acceptors (Lipinski definition) is 4. The Morgan fingerprint density at radius 2 is 2.00 bits per heavy atom. The van der Waals surface area contributed by atoms with Crippen LogP contribution in [0.2, 0.25) is 5.02 Å². The summed E-state index contributed by atoms with van der Waals surface area (Å²) in [6, 6.07) is 4.83. The van der Waals surface area contributed by atoms with Gasteiger partial charge < -0.3 is 10.1 Å². The highest BCUT2D eigenvalue weighted by molar-refractivity contribution is 7.92. The third-order valence-corrected chi connectivity index (χ3v) is 4.46. The molecule has 0 radical (unpaired) electrons. The molecule has 0 fully saturated rings. The molecule has 1 aromatic rings. The summed E-state index contributed by atoms with van der Waals surface area (Å²) in [5.74, 6) is 0.531. The van der Waals surface area contributed by atoms with E-state index in [2.05, 4.69) is 17.0 Å². The third kappa shape index (κ3) is 7.02. The van der Waals surface area contributed by atoms with Crippen LogP contribution in [0.3, 0.4) is 0 Å². The average molecular weight is 335 g/mol. The van der Waals surface area contributed by atoms with E-state index in [0.717, 1.165) is 25.9 Å². The summed E-state index contributed by atoms with van der Waals surface area (Å²) in [5, 5.41) is 3.70. The van der Waals surface area contributed by atoms with Crippen LogP contribution in [-0.2, 0) is 10.0 Å². The summed E-state index contributed by atoms with van der Waals surface area (Å²) < 4.78 is 31.7. The fourth-order valence-corrected chi connectivity index (χ4v) is 3.18. The van der Waals surface area contributed by atoms with Crippen LogP contribution >= 0.6 is 11.6 Å². The molecule has 120 valence electrons. The van der Waals surface area contributed by atoms with Gasteiger partial charge in [-0.15, -0.1) is 0 Å². The van der Waals surface area contributed by atoms with E-state index in [1.165, 1.54) is 7.11 Å². The Kier molecular flexibility index (Phi) is 7.85. The van der Waals surface area contributed by atoms with Gasteiger partial charge in [-0.05, 0) is 50.6 Å². The summed E-state index contributed by atoms with van der Waals surface area (Å²) in [4.78, 5) is 0. The maximum atomic E-state index is 12.0. The molecule has 5 nitrogen and oxygen atoms in total. The molecule has 0 amide bonds. The molecule has 0 aliphatic carbocycles. The predicted octanol–water partition coefficient (Wildman–Crippen LogP) is 2.87. The first kappa shape index (κ1) is 18.1. The first-order valence-corrected chi connectivity index (χ1v) is 9.06. The van der Waals surface area contributed by atoms with E-state index >= 15 is 0 Å². The fourth-order valence-electron chi connectivity index (χ4n) is 1.82. The van der Waals surface area contributed by atoms with Gasteiger partial charge in [-0.25, -0.2) is 8.42 Å². The maximum absolute atomic E-state index is 12.0. The molecule has 0 heterocycles. The number of sulfonamides is 1. The van der Waals surface area contributed by atoms with Crippen molar-refractivity contribution >= 4 is 27.3 Å². The third-order valence-electron chi connectivity index (χ3n) is 2.87. The average Bonchev–Trinajstić information content (AvgIpc) is 2.42. The maximum Gasteiger partial charge on any atom is 0.232 e. The van der Waals surface area contributed by atoms with Crippen molar-refractivity contribution in [3.63, 3.8) is 0 Å². The molecule has 1 rings (SSSR count). The van der Waals surface area contributed by atoms with Crippen LogP contribution in [0.1, 0.15) is 26.2 Å². The van der Waals surface area contributed by atoms with Gasteiger partial charge in [0.1, 0.15) is 5.75 Å². The van der Waals surface area contributed by atoms with Crippen LogP contribution in [0, 0.1) is 0 Å². The van der Waals surface area contributed by atoms with Gasteiger partial charge in [-0.1, -0.05) is 18.5 Å². The summed E-state index contributed by atoms with van der Waals surface area (Å²) in [7, 11) is -1.91. The molecule has 0 aromatic heterocycles. The lowest BCUT2D eigenvalue weighted by atomic mass is 10.3. The Morgan fingerprint density at radius 3 is 2.67 bits per heavy atom. The zero-order valence-corrected chi connectivity index (χ0v) is 14.1. The Bertz CT molecular complexity index is 535. The van der Waals surface area contributed by atoms with E-state index in [4.69, 9.17) is 16.3 Å². The zero-order chi connectivity index (χ0) is 15.7. The number of anilines is 1. The SMILES string of the molecule is CCCNCCCCS(=O)(=O)Nc1cc(Cl)ccc1OC. The molecule has 0 atom stereocenters. The normalized spacial score (nSPS) is 11.4. The molecule has 7 heteroatoms. The number of methoxy groups -OCH3 is 1. The zero-order valence-electron chi connectivity index (χ0n) is 12.5. The summed E-state index contributed by atoms with van der Waals surface area (Å²) in [6.45, 7) is 3.90. The second kappa shape index (κ2) is 9.12. The molecule has 2 N–H and O–H groups in total. The summed E-state index contributed by atoms with van der Waals surface area (Å²) in [6.07, 6.45) is 2.51. The van der Waals surface area contributed by atoms with Gasteiger partial charge in [0.05, 0.1) is 18.6 Å². The highest BCUT2D eigenvalue weighted by Gasteiger charge is 2.13. The highest BCUT2D eigenvalue weighted by atomic mass is 35.5. The number of hydrogen-bond donors (Lipinski definition) is 2. The highest BCUT2D eigenvalue weighted by Crippen LogP contribution is 2.28. The molecule has 0 unspecified atom stereocenters. The minimum Gasteiger partial charge on any atom is -0.495 e. The van der Waals surface area contributed by atoms with E-state index in [1.807, 2.05) is 0 Å². The molecule has 1 aromatic carbocycles. The van der Waals surface area contributed by atoms with Gasteiger partial charge in [-0.3, -0.25) is 4.72 Å².